The van der Waals surface area contributed by atoms with E-state index in [1.807, 2.05) is 30.5 Å². The Morgan fingerprint density at radius 2 is 2.35 bits per heavy atom. The van der Waals surface area contributed by atoms with E-state index in [4.69, 9.17) is 0 Å². The number of rotatable bonds is 5. The number of hydrogen-bond donors (Lipinski definition) is 2. The number of nitrogens with one attached hydrogen (secondary N) is 2. The van der Waals surface area contributed by atoms with E-state index in [1.165, 1.54) is 0 Å². The smallest absolute Gasteiger partial charge is 0.191 e. The first-order valence-electron chi connectivity index (χ1n) is 6.15. The number of hydrogen-bond acceptors (Lipinski definition) is 7. The van der Waals surface area contributed by atoms with Gasteiger partial charge in [0, 0.05) is 18.1 Å². The second kappa shape index (κ2) is 5.85. The van der Waals surface area contributed by atoms with Gasteiger partial charge in [0.25, 0.3) is 0 Å². The maximum absolute atomic E-state index is 4.56. The molecule has 0 aliphatic carbocycles. The lowest BCUT2D eigenvalue weighted by atomic mass is 10.3. The average Bonchev–Trinajstić information content (AvgIpc) is 3.17. The highest BCUT2D eigenvalue weighted by Crippen LogP contribution is 2.21. The summed E-state index contributed by atoms with van der Waals surface area (Å²) in [4.78, 5) is 8.86. The lowest BCUT2D eigenvalue weighted by molar-refractivity contribution is 0.542. The Morgan fingerprint density at radius 1 is 1.40 bits per heavy atom. The van der Waals surface area contributed by atoms with Crippen LogP contribution >= 0.6 is 11.3 Å². The normalized spacial score (nSPS) is 12.4. The molecule has 8 heteroatoms. The van der Waals surface area contributed by atoms with E-state index in [0.717, 1.165) is 16.4 Å². The van der Waals surface area contributed by atoms with E-state index < -0.39 is 0 Å². The van der Waals surface area contributed by atoms with Gasteiger partial charge >= 0.3 is 0 Å². The maximum atomic E-state index is 4.56. The van der Waals surface area contributed by atoms with Gasteiger partial charge in [-0.15, -0.1) is 21.5 Å². The molecule has 2 N–H and O–H groups in total. The average molecular weight is 287 g/mol. The molecule has 0 saturated carbocycles. The first-order chi connectivity index (χ1) is 9.83. The molecule has 3 aromatic heterocycles. The molecule has 0 aromatic carbocycles. The Labute approximate surface area is 119 Å². The minimum Gasteiger partial charge on any atom is -0.302 e. The Hall–Kier alpha value is -2.19. The number of tetrazole rings is 1. The van der Waals surface area contributed by atoms with Crippen LogP contribution in [0.4, 0.5) is 0 Å². The minimum atomic E-state index is 0.0220. The van der Waals surface area contributed by atoms with Gasteiger partial charge in [-0.25, -0.2) is 4.98 Å². The van der Waals surface area contributed by atoms with Crippen molar-refractivity contribution in [1.29, 1.82) is 0 Å². The fraction of sp³-hybridized carbons (Fsp3) is 0.250. The Morgan fingerprint density at radius 3 is 3.10 bits per heavy atom. The van der Waals surface area contributed by atoms with Crippen molar-refractivity contribution in [2.24, 2.45) is 0 Å². The molecule has 0 amide bonds. The van der Waals surface area contributed by atoms with Gasteiger partial charge in [-0.2, -0.15) is 5.21 Å². The van der Waals surface area contributed by atoms with Crippen LogP contribution in [0.2, 0.25) is 0 Å². The summed E-state index contributed by atoms with van der Waals surface area (Å²) in [6.45, 7) is 2.63. The van der Waals surface area contributed by atoms with Crippen molar-refractivity contribution in [1.82, 2.24) is 35.9 Å². The number of nitrogens with zero attached hydrogens (tertiary/aromatic N) is 5. The molecule has 0 fully saturated rings. The lowest BCUT2D eigenvalue weighted by Crippen LogP contribution is -2.19. The highest BCUT2D eigenvalue weighted by Gasteiger charge is 2.11. The summed E-state index contributed by atoms with van der Waals surface area (Å²) in [6.07, 6.45) is 1.77. The largest absolute Gasteiger partial charge is 0.302 e. The number of thiazole rings is 1. The molecular formula is C12H13N7S. The summed E-state index contributed by atoms with van der Waals surface area (Å²) < 4.78 is 0. The molecule has 1 atom stereocenters. The first-order valence-corrected chi connectivity index (χ1v) is 7.03. The van der Waals surface area contributed by atoms with Crippen molar-refractivity contribution in [2.75, 3.05) is 0 Å². The van der Waals surface area contributed by atoms with E-state index in [1.54, 1.807) is 17.5 Å². The molecule has 1 unspecified atom stereocenters. The highest BCUT2D eigenvalue weighted by molar-refractivity contribution is 7.13. The number of pyridine rings is 1. The molecule has 3 heterocycles. The highest BCUT2D eigenvalue weighted by atomic mass is 32.1. The fourth-order valence-corrected chi connectivity index (χ4v) is 2.49. The van der Waals surface area contributed by atoms with E-state index in [0.29, 0.717) is 12.4 Å². The topological polar surface area (TPSA) is 92.3 Å². The van der Waals surface area contributed by atoms with Crippen LogP contribution < -0.4 is 5.32 Å². The standard InChI is InChI=1S/C12H13N7S/c1-8(11-16-18-19-17-11)14-6-9-7-20-12(15-9)10-4-2-3-5-13-10/h2-5,7-8,14H,6H2,1H3,(H,16,17,18,19). The van der Waals surface area contributed by atoms with E-state index in [9.17, 15) is 0 Å². The minimum absolute atomic E-state index is 0.0220. The third-order valence-corrected chi connectivity index (χ3v) is 3.69. The second-order valence-electron chi connectivity index (χ2n) is 4.23. The van der Waals surface area contributed by atoms with Crippen molar-refractivity contribution in [3.8, 4) is 10.7 Å². The quantitative estimate of drug-likeness (QED) is 0.740. The van der Waals surface area contributed by atoms with Gasteiger partial charge in [0.1, 0.15) is 5.01 Å². The third kappa shape index (κ3) is 2.86. The molecule has 0 saturated heterocycles. The summed E-state index contributed by atoms with van der Waals surface area (Å²) >= 11 is 1.59. The second-order valence-corrected chi connectivity index (χ2v) is 5.09. The van der Waals surface area contributed by atoms with Gasteiger partial charge in [-0.05, 0) is 19.1 Å². The maximum Gasteiger partial charge on any atom is 0.191 e. The number of aromatic amines is 1. The van der Waals surface area contributed by atoms with Gasteiger partial charge in [0.05, 0.1) is 17.4 Å². The Kier molecular flexibility index (Phi) is 3.75. The van der Waals surface area contributed by atoms with Crippen molar-refractivity contribution < 1.29 is 0 Å². The van der Waals surface area contributed by atoms with Gasteiger partial charge in [-0.3, -0.25) is 4.98 Å². The zero-order valence-electron chi connectivity index (χ0n) is 10.8. The molecule has 0 radical (unpaired) electrons. The zero-order valence-corrected chi connectivity index (χ0v) is 11.6. The van der Waals surface area contributed by atoms with Crippen LogP contribution in [0.5, 0.6) is 0 Å². The molecule has 0 aliphatic heterocycles. The van der Waals surface area contributed by atoms with Crippen LogP contribution in [0, 0.1) is 0 Å². The van der Waals surface area contributed by atoms with E-state index >= 15 is 0 Å². The van der Waals surface area contributed by atoms with Gasteiger partial charge in [0.15, 0.2) is 5.82 Å². The van der Waals surface area contributed by atoms with Crippen LogP contribution in [-0.4, -0.2) is 30.6 Å². The molecule has 3 rings (SSSR count). The SMILES string of the molecule is CC(NCc1csc(-c2ccccn2)n1)c1nn[nH]n1. The monoisotopic (exact) mass is 287 g/mol. The van der Waals surface area contributed by atoms with Crippen molar-refractivity contribution in [3.63, 3.8) is 0 Å². The third-order valence-electron chi connectivity index (χ3n) is 2.77. The number of aromatic nitrogens is 6. The predicted molar refractivity (Wildman–Crippen MR) is 74.8 cm³/mol. The van der Waals surface area contributed by atoms with Crippen LogP contribution in [0.3, 0.4) is 0 Å². The van der Waals surface area contributed by atoms with Crippen LogP contribution in [0.1, 0.15) is 24.5 Å². The molecule has 0 spiro atoms. The summed E-state index contributed by atoms with van der Waals surface area (Å²) in [5.41, 5.74) is 1.88. The molecule has 102 valence electrons. The van der Waals surface area contributed by atoms with E-state index in [2.05, 4.69) is 35.9 Å². The molecular weight excluding hydrogens is 274 g/mol. The Balaban J connectivity index is 1.63. The number of H-pyrrole nitrogens is 1. The summed E-state index contributed by atoms with van der Waals surface area (Å²) in [5.74, 6) is 0.644. The van der Waals surface area contributed by atoms with Crippen LogP contribution in [0.15, 0.2) is 29.8 Å². The molecule has 20 heavy (non-hydrogen) atoms. The zero-order chi connectivity index (χ0) is 13.8. The van der Waals surface area contributed by atoms with E-state index in [-0.39, 0.29) is 6.04 Å². The predicted octanol–water partition coefficient (Wildman–Crippen LogP) is 1.57. The summed E-state index contributed by atoms with van der Waals surface area (Å²) in [7, 11) is 0. The molecule has 0 aliphatic rings. The van der Waals surface area contributed by atoms with Gasteiger partial charge in [-0.1, -0.05) is 11.3 Å². The molecule has 3 aromatic rings. The first kappa shape index (κ1) is 12.8. The van der Waals surface area contributed by atoms with Crippen molar-refractivity contribution in [3.05, 3.63) is 41.3 Å². The van der Waals surface area contributed by atoms with Crippen LogP contribution in [-0.2, 0) is 6.54 Å². The van der Waals surface area contributed by atoms with Gasteiger partial charge < -0.3 is 5.32 Å². The van der Waals surface area contributed by atoms with Crippen LogP contribution in [0.25, 0.3) is 10.7 Å². The molecule has 7 nitrogen and oxygen atoms in total. The molecule has 0 bridgehead atoms. The van der Waals surface area contributed by atoms with Crippen molar-refractivity contribution in [2.45, 2.75) is 19.5 Å². The lowest BCUT2D eigenvalue weighted by Gasteiger charge is -2.07. The van der Waals surface area contributed by atoms with Gasteiger partial charge in [0.2, 0.25) is 0 Å². The summed E-state index contributed by atoms with van der Waals surface area (Å²) in [6, 6.07) is 5.83. The van der Waals surface area contributed by atoms with Crippen molar-refractivity contribution >= 4 is 11.3 Å². The summed E-state index contributed by atoms with van der Waals surface area (Å²) in [5, 5.41) is 20.1. The Bertz CT molecular complexity index is 650. The fourth-order valence-electron chi connectivity index (χ4n) is 1.70.